The lowest BCUT2D eigenvalue weighted by molar-refractivity contribution is 0.103. The number of hydrogen-bond donors (Lipinski definition) is 1. The fourth-order valence-electron chi connectivity index (χ4n) is 0.880. The first kappa shape index (κ1) is 6.96. The minimum Gasteiger partial charge on any atom is -0.312 e. The third-order valence-electron chi connectivity index (χ3n) is 1.79. The minimum absolute atomic E-state index is 0.950. The largest absolute Gasteiger partial charge is 0.312 e. The lowest BCUT2D eigenvalue weighted by Crippen LogP contribution is -2.29. The molecule has 0 atom stereocenters. The van der Waals surface area contributed by atoms with Crippen LogP contribution in [0, 0.1) is 0 Å². The molecule has 3 heteroatoms. The number of hydrazine groups is 1. The molecule has 52 valence electrons. The van der Waals surface area contributed by atoms with Crippen molar-refractivity contribution in [1.82, 2.24) is 10.0 Å². The van der Waals surface area contributed by atoms with Gasteiger partial charge in [-0.25, -0.2) is 5.01 Å². The first-order valence-corrected chi connectivity index (χ1v) is 3.41. The van der Waals surface area contributed by atoms with Gasteiger partial charge in [-0.15, -0.1) is 12.6 Å². The normalized spacial score (nSPS) is 22.0. The van der Waals surface area contributed by atoms with Crippen LogP contribution in [0.1, 0.15) is 6.92 Å². The van der Waals surface area contributed by atoms with Crippen molar-refractivity contribution < 1.29 is 0 Å². The Kier molecular flexibility index (Phi) is 1.73. The second-order valence-electron chi connectivity index (χ2n) is 2.37. The summed E-state index contributed by atoms with van der Waals surface area (Å²) in [5, 5.41) is 4.22. The van der Waals surface area contributed by atoms with E-state index < -0.39 is 0 Å². The quantitative estimate of drug-likeness (QED) is 0.505. The Morgan fingerprint density at radius 3 is 2.11 bits per heavy atom. The van der Waals surface area contributed by atoms with Gasteiger partial charge in [0, 0.05) is 24.7 Å². The van der Waals surface area contributed by atoms with E-state index in [9.17, 15) is 0 Å². The van der Waals surface area contributed by atoms with Crippen LogP contribution in [0.3, 0.4) is 0 Å². The average Bonchev–Trinajstić information content (AvgIpc) is 1.98. The van der Waals surface area contributed by atoms with Crippen LogP contribution in [0.2, 0.25) is 0 Å². The molecule has 1 heterocycles. The zero-order valence-corrected chi connectivity index (χ0v) is 6.94. The maximum absolute atomic E-state index is 4.30. The van der Waals surface area contributed by atoms with Gasteiger partial charge in [0.2, 0.25) is 0 Å². The van der Waals surface area contributed by atoms with Crippen molar-refractivity contribution in [3.05, 3.63) is 10.6 Å². The molecule has 0 aromatic carbocycles. The summed E-state index contributed by atoms with van der Waals surface area (Å²) in [7, 11) is 4.09. The van der Waals surface area contributed by atoms with Crippen molar-refractivity contribution >= 4 is 12.6 Å². The molecule has 0 aliphatic carbocycles. The highest BCUT2D eigenvalue weighted by Crippen LogP contribution is 2.21. The van der Waals surface area contributed by atoms with E-state index in [2.05, 4.69) is 29.6 Å². The molecule has 0 aromatic heterocycles. The molecule has 0 amide bonds. The molecule has 1 aliphatic rings. The molecule has 1 rings (SSSR count). The Labute approximate surface area is 61.5 Å². The fourth-order valence-corrected chi connectivity index (χ4v) is 1.23. The summed E-state index contributed by atoms with van der Waals surface area (Å²) in [4.78, 5) is 1.17. The smallest absolute Gasteiger partial charge is 0.0503 e. The highest BCUT2D eigenvalue weighted by atomic mass is 32.1. The van der Waals surface area contributed by atoms with Crippen LogP contribution in [-0.2, 0) is 0 Å². The minimum atomic E-state index is 0.950. The van der Waals surface area contributed by atoms with Crippen molar-refractivity contribution in [3.8, 4) is 0 Å². The van der Waals surface area contributed by atoms with Crippen LogP contribution >= 0.6 is 12.6 Å². The fraction of sp³-hybridized carbons (Fsp3) is 0.667. The summed E-state index contributed by atoms with van der Waals surface area (Å²) in [6.07, 6.45) is 0. The maximum Gasteiger partial charge on any atom is 0.0503 e. The Bertz CT molecular complexity index is 153. The van der Waals surface area contributed by atoms with Crippen LogP contribution in [0.5, 0.6) is 0 Å². The van der Waals surface area contributed by atoms with Gasteiger partial charge in [0.15, 0.2) is 0 Å². The van der Waals surface area contributed by atoms with Gasteiger partial charge in [0.1, 0.15) is 0 Å². The Balaban J connectivity index is 2.74. The maximum atomic E-state index is 4.30. The molecule has 0 bridgehead atoms. The molecule has 0 N–H and O–H groups in total. The average molecular weight is 144 g/mol. The highest BCUT2D eigenvalue weighted by molar-refractivity contribution is 7.84. The van der Waals surface area contributed by atoms with Crippen LogP contribution in [0.4, 0.5) is 0 Å². The van der Waals surface area contributed by atoms with Crippen molar-refractivity contribution in [2.24, 2.45) is 0 Å². The van der Waals surface area contributed by atoms with Gasteiger partial charge in [-0.3, -0.25) is 0 Å². The molecule has 0 saturated heterocycles. The van der Waals surface area contributed by atoms with Crippen molar-refractivity contribution in [3.63, 3.8) is 0 Å². The molecular formula is C6H12N2S. The van der Waals surface area contributed by atoms with E-state index in [4.69, 9.17) is 0 Å². The Hall–Kier alpha value is -0.150. The molecule has 1 aliphatic heterocycles. The predicted molar refractivity (Wildman–Crippen MR) is 42.1 cm³/mol. The molecule has 0 unspecified atom stereocenters. The first-order valence-electron chi connectivity index (χ1n) is 2.96. The third-order valence-corrected chi connectivity index (χ3v) is 2.26. The van der Waals surface area contributed by atoms with Gasteiger partial charge in [-0.1, -0.05) is 0 Å². The summed E-state index contributed by atoms with van der Waals surface area (Å²) < 4.78 is 0. The van der Waals surface area contributed by atoms with Gasteiger partial charge in [-0.2, -0.15) is 0 Å². The van der Waals surface area contributed by atoms with Crippen molar-refractivity contribution in [2.75, 3.05) is 20.6 Å². The Morgan fingerprint density at radius 1 is 1.44 bits per heavy atom. The number of rotatable bonds is 0. The lowest BCUT2D eigenvalue weighted by atomic mass is 10.4. The number of nitrogens with zero attached hydrogens (tertiary/aromatic N) is 2. The van der Waals surface area contributed by atoms with Gasteiger partial charge < -0.3 is 5.01 Å². The van der Waals surface area contributed by atoms with Gasteiger partial charge >= 0.3 is 0 Å². The SMILES string of the molecule is CC1=C(S)CN(C)N1C. The van der Waals surface area contributed by atoms with Gasteiger partial charge in [0.05, 0.1) is 6.54 Å². The molecule has 2 nitrogen and oxygen atoms in total. The number of allylic oxidation sites excluding steroid dienone is 1. The molecule has 9 heavy (non-hydrogen) atoms. The molecule has 0 spiro atoms. The van der Waals surface area contributed by atoms with Crippen LogP contribution in [0.25, 0.3) is 0 Å². The van der Waals surface area contributed by atoms with Crippen molar-refractivity contribution in [1.29, 1.82) is 0 Å². The second kappa shape index (κ2) is 2.23. The number of hydrogen-bond acceptors (Lipinski definition) is 3. The molecule has 0 fully saturated rings. The topological polar surface area (TPSA) is 6.48 Å². The Morgan fingerprint density at radius 2 is 2.00 bits per heavy atom. The van der Waals surface area contributed by atoms with Crippen LogP contribution in [-0.4, -0.2) is 30.7 Å². The molecule has 0 aromatic rings. The summed E-state index contributed by atoms with van der Waals surface area (Å²) in [6, 6.07) is 0. The van der Waals surface area contributed by atoms with E-state index in [0.717, 1.165) is 6.54 Å². The number of likely N-dealkylation sites (N-methyl/N-ethyl adjacent to an activating group) is 1. The third kappa shape index (κ3) is 1.07. The second-order valence-corrected chi connectivity index (χ2v) is 2.91. The van der Waals surface area contributed by atoms with Gasteiger partial charge in [0.25, 0.3) is 0 Å². The van der Waals surface area contributed by atoms with E-state index in [0.29, 0.717) is 0 Å². The lowest BCUT2D eigenvalue weighted by Gasteiger charge is -2.22. The van der Waals surface area contributed by atoms with Crippen LogP contribution in [0.15, 0.2) is 10.6 Å². The molecular weight excluding hydrogens is 132 g/mol. The summed E-state index contributed by atoms with van der Waals surface area (Å²) >= 11 is 4.30. The highest BCUT2D eigenvalue weighted by Gasteiger charge is 2.17. The number of thiol groups is 1. The van der Waals surface area contributed by atoms with E-state index >= 15 is 0 Å². The van der Waals surface area contributed by atoms with E-state index in [1.807, 2.05) is 14.1 Å². The molecule has 0 radical (unpaired) electrons. The van der Waals surface area contributed by atoms with E-state index in [1.165, 1.54) is 10.6 Å². The predicted octanol–water partition coefficient (Wildman–Crippen LogP) is 0.940. The monoisotopic (exact) mass is 144 g/mol. The zero-order valence-electron chi connectivity index (χ0n) is 6.05. The summed E-state index contributed by atoms with van der Waals surface area (Å²) in [5.74, 6) is 0. The standard InChI is InChI=1S/C6H12N2S/c1-5-6(9)4-7(2)8(5)3/h9H,4H2,1-3H3. The van der Waals surface area contributed by atoms with Crippen molar-refractivity contribution in [2.45, 2.75) is 6.92 Å². The summed E-state index contributed by atoms with van der Waals surface area (Å²) in [5.41, 5.74) is 1.25. The first-order chi connectivity index (χ1) is 4.13. The summed E-state index contributed by atoms with van der Waals surface area (Å²) in [6.45, 7) is 3.03. The van der Waals surface area contributed by atoms with Gasteiger partial charge in [-0.05, 0) is 6.92 Å². The van der Waals surface area contributed by atoms with Crippen LogP contribution < -0.4 is 0 Å². The van der Waals surface area contributed by atoms with E-state index in [-0.39, 0.29) is 0 Å². The zero-order chi connectivity index (χ0) is 7.02. The molecule has 0 saturated carbocycles. The van der Waals surface area contributed by atoms with E-state index in [1.54, 1.807) is 0 Å².